The molecule has 0 saturated carbocycles. The number of benzene rings is 2. The van der Waals surface area contributed by atoms with Crippen LogP contribution in [0.1, 0.15) is 12.5 Å². The Bertz CT molecular complexity index is 1040. The highest BCUT2D eigenvalue weighted by Crippen LogP contribution is 2.32. The molecule has 3 aromatic rings. The summed E-state index contributed by atoms with van der Waals surface area (Å²) in [6.45, 7) is 3.57. The van der Waals surface area contributed by atoms with Crippen molar-refractivity contribution in [3.8, 4) is 0 Å². The van der Waals surface area contributed by atoms with Crippen molar-refractivity contribution in [3.05, 3.63) is 69.0 Å². The third-order valence-corrected chi connectivity index (χ3v) is 5.66. The summed E-state index contributed by atoms with van der Waals surface area (Å²) in [4.78, 5) is 17.2. The fourth-order valence-corrected chi connectivity index (χ4v) is 4.10. The number of carbonyl (C=O) groups excluding carboxylic acids is 1. The van der Waals surface area contributed by atoms with E-state index in [1.54, 1.807) is 12.1 Å². The molecule has 0 bridgehead atoms. The molecule has 0 radical (unpaired) electrons. The summed E-state index contributed by atoms with van der Waals surface area (Å²) in [5.41, 5.74) is 1.71. The van der Waals surface area contributed by atoms with Gasteiger partial charge in [-0.3, -0.25) is 4.79 Å². The Labute approximate surface area is 171 Å². The number of rotatable bonds is 6. The summed E-state index contributed by atoms with van der Waals surface area (Å²) in [6.07, 6.45) is 3.20. The van der Waals surface area contributed by atoms with Crippen molar-refractivity contribution in [2.75, 3.05) is 13.2 Å². The van der Waals surface area contributed by atoms with E-state index >= 15 is 0 Å². The minimum atomic E-state index is -0.335. The third kappa shape index (κ3) is 4.87. The van der Waals surface area contributed by atoms with Crippen LogP contribution in [0.5, 0.6) is 0 Å². The Balaban J connectivity index is 2.00. The van der Waals surface area contributed by atoms with Gasteiger partial charge >= 0.3 is 0 Å². The average molecular weight is 421 g/mol. The van der Waals surface area contributed by atoms with Crippen LogP contribution in [0.25, 0.3) is 16.3 Å². The number of hydrogen-bond donors (Lipinski definition) is 0. The number of amides is 1. The molecule has 0 unspecified atom stereocenters. The summed E-state index contributed by atoms with van der Waals surface area (Å²) in [5, 5.41) is 0.921. The molecule has 1 amide bonds. The molecule has 0 fully saturated rings. The Morgan fingerprint density at radius 1 is 1.22 bits per heavy atom. The number of aromatic nitrogens is 1. The van der Waals surface area contributed by atoms with Crippen molar-refractivity contribution >= 4 is 56.7 Å². The zero-order valence-corrected chi connectivity index (χ0v) is 17.0. The maximum atomic E-state index is 12.3. The van der Waals surface area contributed by atoms with E-state index in [1.165, 1.54) is 17.4 Å². The number of carbonyl (C=O) groups is 1. The Kier molecular flexibility index (Phi) is 6.85. The van der Waals surface area contributed by atoms with E-state index in [9.17, 15) is 4.79 Å². The van der Waals surface area contributed by atoms with Crippen LogP contribution >= 0.6 is 34.5 Å². The molecule has 0 atom stereocenters. The Morgan fingerprint density at radius 3 is 2.74 bits per heavy atom. The first-order chi connectivity index (χ1) is 13.1. The number of nitrogens with zero attached hydrogens (tertiary/aromatic N) is 2. The molecule has 140 valence electrons. The van der Waals surface area contributed by atoms with Crippen molar-refractivity contribution in [2.24, 2.45) is 4.99 Å². The van der Waals surface area contributed by atoms with Crippen molar-refractivity contribution in [3.63, 3.8) is 0 Å². The summed E-state index contributed by atoms with van der Waals surface area (Å²) >= 11 is 14.0. The van der Waals surface area contributed by atoms with Crippen LogP contribution in [-0.2, 0) is 16.1 Å². The van der Waals surface area contributed by atoms with Crippen LogP contribution in [0.3, 0.4) is 0 Å². The molecule has 27 heavy (non-hydrogen) atoms. The molecule has 4 nitrogen and oxygen atoms in total. The van der Waals surface area contributed by atoms with Gasteiger partial charge in [0.2, 0.25) is 0 Å². The molecule has 0 spiro atoms. The highest BCUT2D eigenvalue weighted by atomic mass is 35.5. The molecule has 7 heteroatoms. The largest absolute Gasteiger partial charge is 0.380 e. The summed E-state index contributed by atoms with van der Waals surface area (Å²) in [6, 6.07) is 13.2. The highest BCUT2D eigenvalue weighted by Gasteiger charge is 2.13. The van der Waals surface area contributed by atoms with Gasteiger partial charge in [-0.05, 0) is 30.7 Å². The second-order valence-electron chi connectivity index (χ2n) is 5.64. The lowest BCUT2D eigenvalue weighted by Gasteiger charge is -2.07. The average Bonchev–Trinajstić information content (AvgIpc) is 3.02. The fraction of sp³-hybridized carbons (Fsp3) is 0.200. The lowest BCUT2D eigenvalue weighted by atomic mass is 10.2. The van der Waals surface area contributed by atoms with E-state index < -0.39 is 0 Å². The maximum Gasteiger partial charge on any atom is 0.272 e. The summed E-state index contributed by atoms with van der Waals surface area (Å²) in [7, 11) is 0. The van der Waals surface area contributed by atoms with Gasteiger partial charge < -0.3 is 9.30 Å². The molecular weight excluding hydrogens is 403 g/mol. The first-order valence-corrected chi connectivity index (χ1v) is 10.0. The van der Waals surface area contributed by atoms with Crippen molar-refractivity contribution in [1.29, 1.82) is 0 Å². The van der Waals surface area contributed by atoms with E-state index in [-0.39, 0.29) is 5.91 Å². The predicted molar refractivity (Wildman–Crippen MR) is 112 cm³/mol. The second kappa shape index (κ2) is 9.33. The van der Waals surface area contributed by atoms with Crippen LogP contribution in [0, 0.1) is 0 Å². The Hall–Kier alpha value is -1.92. The lowest BCUT2D eigenvalue weighted by molar-refractivity contribution is -0.113. The number of fused-ring (bicyclic) bond motifs is 1. The molecule has 1 heterocycles. The van der Waals surface area contributed by atoms with Gasteiger partial charge in [0.1, 0.15) is 0 Å². The number of halogens is 2. The molecule has 2 aromatic carbocycles. The van der Waals surface area contributed by atoms with Crippen LogP contribution in [-0.4, -0.2) is 23.7 Å². The lowest BCUT2D eigenvalue weighted by Crippen LogP contribution is -2.19. The first-order valence-electron chi connectivity index (χ1n) is 8.47. The minimum Gasteiger partial charge on any atom is -0.380 e. The monoisotopic (exact) mass is 420 g/mol. The minimum absolute atomic E-state index is 0.335. The van der Waals surface area contributed by atoms with Gasteiger partial charge in [-0.25, -0.2) is 0 Å². The van der Waals surface area contributed by atoms with E-state index in [0.29, 0.717) is 34.6 Å². The zero-order valence-electron chi connectivity index (χ0n) is 14.7. The van der Waals surface area contributed by atoms with E-state index in [4.69, 9.17) is 27.9 Å². The quantitative estimate of drug-likeness (QED) is 0.406. The third-order valence-electron chi connectivity index (χ3n) is 3.82. The fourth-order valence-electron chi connectivity index (χ4n) is 2.56. The van der Waals surface area contributed by atoms with Crippen molar-refractivity contribution < 1.29 is 9.53 Å². The molecular formula is C20H18Cl2N2O2S. The molecule has 1 aromatic heterocycles. The van der Waals surface area contributed by atoms with Gasteiger partial charge in [-0.2, -0.15) is 4.99 Å². The van der Waals surface area contributed by atoms with E-state index in [0.717, 1.165) is 15.8 Å². The van der Waals surface area contributed by atoms with Gasteiger partial charge in [0, 0.05) is 19.2 Å². The summed E-state index contributed by atoms with van der Waals surface area (Å²) in [5.74, 6) is -0.335. The molecule has 0 aliphatic carbocycles. The van der Waals surface area contributed by atoms with Crippen molar-refractivity contribution in [1.82, 2.24) is 4.57 Å². The first kappa shape index (κ1) is 19.8. The van der Waals surface area contributed by atoms with Gasteiger partial charge in [0.05, 0.1) is 26.9 Å². The van der Waals surface area contributed by atoms with Gasteiger partial charge in [-0.1, -0.05) is 64.9 Å². The molecule has 0 aliphatic rings. The van der Waals surface area contributed by atoms with Gasteiger partial charge in [0.15, 0.2) is 4.80 Å². The Morgan fingerprint density at radius 2 is 2.00 bits per heavy atom. The normalized spacial score (nSPS) is 12.3. The molecule has 3 rings (SSSR count). The standard InChI is InChI=1S/C20H18Cl2N2O2S/c1-2-26-13-12-24-19-16(10-9-15(21)18(19)22)27-20(24)23-17(25)11-8-14-6-4-3-5-7-14/h3-11H,2,12-13H2,1H3/b11-8+,23-20?. The van der Waals surface area contributed by atoms with Crippen LogP contribution in [0.15, 0.2) is 53.5 Å². The van der Waals surface area contributed by atoms with E-state index in [1.807, 2.05) is 47.9 Å². The predicted octanol–water partition coefficient (Wildman–Crippen LogP) is 5.19. The molecule has 0 aliphatic heterocycles. The maximum absolute atomic E-state index is 12.3. The SMILES string of the molecule is CCOCCn1c(=NC(=O)/C=C/c2ccccc2)sc2ccc(Cl)c(Cl)c21. The van der Waals surface area contributed by atoms with E-state index in [2.05, 4.69) is 4.99 Å². The van der Waals surface area contributed by atoms with Gasteiger partial charge in [-0.15, -0.1) is 0 Å². The number of thiazole rings is 1. The van der Waals surface area contributed by atoms with Crippen LogP contribution in [0.2, 0.25) is 10.0 Å². The number of ether oxygens (including phenoxy) is 1. The second-order valence-corrected chi connectivity index (χ2v) is 7.43. The van der Waals surface area contributed by atoms with Gasteiger partial charge in [0.25, 0.3) is 5.91 Å². The smallest absolute Gasteiger partial charge is 0.272 e. The van der Waals surface area contributed by atoms with Crippen LogP contribution < -0.4 is 4.80 Å². The van der Waals surface area contributed by atoms with Crippen LogP contribution in [0.4, 0.5) is 0 Å². The topological polar surface area (TPSA) is 43.6 Å². The molecule has 0 saturated heterocycles. The summed E-state index contributed by atoms with van der Waals surface area (Å²) < 4.78 is 8.26. The van der Waals surface area contributed by atoms with Crippen molar-refractivity contribution in [2.45, 2.75) is 13.5 Å². The zero-order chi connectivity index (χ0) is 19.2. The molecule has 0 N–H and O–H groups in total. The number of hydrogen-bond acceptors (Lipinski definition) is 3. The highest BCUT2D eigenvalue weighted by molar-refractivity contribution is 7.16.